The van der Waals surface area contributed by atoms with E-state index in [4.69, 9.17) is 9.08 Å². The Bertz CT molecular complexity index is 1410. The first-order valence-corrected chi connectivity index (χ1v) is 14.2. The summed E-state index contributed by atoms with van der Waals surface area (Å²) in [5.74, 6) is 0.287. The van der Waals surface area contributed by atoms with Crippen LogP contribution in [-0.4, -0.2) is 63.1 Å². The highest BCUT2D eigenvalue weighted by molar-refractivity contribution is 7.85. The van der Waals surface area contributed by atoms with Crippen LogP contribution in [-0.2, 0) is 23.1 Å². The lowest BCUT2D eigenvalue weighted by Crippen LogP contribution is -2.37. The number of fused-ring (bicyclic) bond motifs is 2. The van der Waals surface area contributed by atoms with Gasteiger partial charge in [0.15, 0.2) is 5.58 Å². The first-order chi connectivity index (χ1) is 17.6. The molecule has 0 saturated carbocycles. The molecular weight excluding hydrogens is 503 g/mol. The van der Waals surface area contributed by atoms with Crippen molar-refractivity contribution in [2.45, 2.75) is 64.5 Å². The van der Waals surface area contributed by atoms with Crippen molar-refractivity contribution in [1.29, 1.82) is 0 Å². The van der Waals surface area contributed by atoms with E-state index >= 15 is 0 Å². The van der Waals surface area contributed by atoms with Crippen LogP contribution in [0, 0.1) is 12.7 Å². The van der Waals surface area contributed by atoms with Crippen molar-refractivity contribution in [2.75, 3.05) is 25.4 Å². The summed E-state index contributed by atoms with van der Waals surface area (Å²) in [5.41, 5.74) is 2.90. The molecule has 0 radical (unpaired) electrons. The number of nitrogens with zero attached hydrogens (tertiary/aromatic N) is 4. The number of aliphatic hydroxyl groups is 1. The predicted molar refractivity (Wildman–Crippen MR) is 136 cm³/mol. The molecular formula is C25H33FN4O6S. The number of hydrogen-bond donors (Lipinski definition) is 2. The first kappa shape index (κ1) is 27.4. The second-order valence-corrected chi connectivity index (χ2v) is 11.3. The van der Waals surface area contributed by atoms with Crippen LogP contribution in [0.3, 0.4) is 0 Å². The third kappa shape index (κ3) is 6.43. The number of likely N-dealkylation sites (tertiary alicyclic amines) is 1. The second kappa shape index (κ2) is 11.4. The van der Waals surface area contributed by atoms with E-state index in [2.05, 4.69) is 15.0 Å². The van der Waals surface area contributed by atoms with E-state index in [1.54, 1.807) is 10.6 Å². The first-order valence-electron chi connectivity index (χ1n) is 12.6. The normalized spacial score (nSPS) is 18.9. The Labute approximate surface area is 214 Å². The van der Waals surface area contributed by atoms with Gasteiger partial charge in [-0.05, 0) is 71.2 Å². The van der Waals surface area contributed by atoms with Crippen molar-refractivity contribution in [2.24, 2.45) is 0 Å². The fraction of sp³-hybridized carbons (Fsp3) is 0.560. The molecule has 1 fully saturated rings. The van der Waals surface area contributed by atoms with Crippen molar-refractivity contribution in [3.05, 3.63) is 57.1 Å². The minimum atomic E-state index is -3.66. The molecule has 2 aromatic heterocycles. The average Bonchev–Trinajstić information content (AvgIpc) is 3.28. The Morgan fingerprint density at radius 2 is 1.89 bits per heavy atom. The molecule has 0 aliphatic carbocycles. The molecule has 3 aromatic rings. The van der Waals surface area contributed by atoms with E-state index in [1.807, 2.05) is 6.92 Å². The van der Waals surface area contributed by atoms with Crippen molar-refractivity contribution >= 4 is 21.1 Å². The van der Waals surface area contributed by atoms with Crippen molar-refractivity contribution in [1.82, 2.24) is 19.6 Å². The highest BCUT2D eigenvalue weighted by Crippen LogP contribution is 2.32. The fourth-order valence-corrected chi connectivity index (χ4v) is 4.98. The molecule has 0 amide bonds. The standard InChI is InChI=1S/C23H27FN4O3.C2H6O3S/c1-14-17(23(30)28-9-2-3-19(29)22(28)25-14)8-12-27-10-6-15(7-11-27)21-18-5-4-16(24)13-20(18)31-26-21;1-2-6(3,4)5/h4-5,13,15,19,29H,2-3,6-12H2,1H3;2H2,1H3,(H,3,4,5). The number of benzene rings is 1. The lowest BCUT2D eigenvalue weighted by atomic mass is 9.91. The molecule has 2 aliphatic rings. The summed E-state index contributed by atoms with van der Waals surface area (Å²) in [6, 6.07) is 4.58. The third-order valence-electron chi connectivity index (χ3n) is 7.14. The molecule has 0 bridgehead atoms. The van der Waals surface area contributed by atoms with Crippen LogP contribution in [0.1, 0.15) is 67.4 Å². The van der Waals surface area contributed by atoms with Crippen LogP contribution in [0.4, 0.5) is 4.39 Å². The Morgan fingerprint density at radius 3 is 2.57 bits per heavy atom. The summed E-state index contributed by atoms with van der Waals surface area (Å²) >= 11 is 0. The molecule has 1 aromatic carbocycles. The van der Waals surface area contributed by atoms with Crippen LogP contribution in [0.5, 0.6) is 0 Å². The average molecular weight is 537 g/mol. The highest BCUT2D eigenvalue weighted by Gasteiger charge is 2.27. The number of piperidine rings is 1. The Kier molecular flexibility index (Phi) is 8.42. The molecule has 1 saturated heterocycles. The summed E-state index contributed by atoms with van der Waals surface area (Å²) in [6.07, 6.45) is 3.38. The van der Waals surface area contributed by atoms with Gasteiger partial charge in [0, 0.05) is 41.7 Å². The van der Waals surface area contributed by atoms with Gasteiger partial charge in [0.2, 0.25) is 0 Å². The largest absolute Gasteiger partial charge is 0.385 e. The summed E-state index contributed by atoms with van der Waals surface area (Å²) in [4.78, 5) is 19.9. The van der Waals surface area contributed by atoms with Crippen LogP contribution >= 0.6 is 0 Å². The van der Waals surface area contributed by atoms with Gasteiger partial charge < -0.3 is 14.5 Å². The fourth-order valence-electron chi connectivity index (χ4n) is 4.98. The quantitative estimate of drug-likeness (QED) is 0.471. The lowest BCUT2D eigenvalue weighted by molar-refractivity contribution is 0.129. The van der Waals surface area contributed by atoms with Gasteiger partial charge in [0.05, 0.1) is 11.4 Å². The number of rotatable bonds is 5. The molecule has 202 valence electrons. The summed E-state index contributed by atoms with van der Waals surface area (Å²) in [5, 5.41) is 15.3. The number of aryl methyl sites for hydroxylation is 1. The van der Waals surface area contributed by atoms with Gasteiger partial charge in [-0.15, -0.1) is 0 Å². The minimum Gasteiger partial charge on any atom is -0.385 e. The van der Waals surface area contributed by atoms with E-state index in [0.717, 1.165) is 61.2 Å². The third-order valence-corrected chi connectivity index (χ3v) is 7.86. The molecule has 4 heterocycles. The highest BCUT2D eigenvalue weighted by atomic mass is 32.2. The van der Waals surface area contributed by atoms with Gasteiger partial charge in [0.25, 0.3) is 15.7 Å². The van der Waals surface area contributed by atoms with Gasteiger partial charge in [-0.1, -0.05) is 5.16 Å². The zero-order chi connectivity index (χ0) is 26.7. The maximum Gasteiger partial charge on any atom is 0.264 e. The topological polar surface area (TPSA) is 139 Å². The van der Waals surface area contributed by atoms with E-state index in [9.17, 15) is 22.7 Å². The van der Waals surface area contributed by atoms with Crippen LogP contribution in [0.25, 0.3) is 11.0 Å². The number of halogens is 1. The molecule has 0 spiro atoms. The van der Waals surface area contributed by atoms with Crippen molar-refractivity contribution < 1.29 is 27.0 Å². The smallest absolute Gasteiger partial charge is 0.264 e. The summed E-state index contributed by atoms with van der Waals surface area (Å²) in [6.45, 7) is 6.50. The number of hydrogen-bond acceptors (Lipinski definition) is 8. The second-order valence-electron chi connectivity index (χ2n) is 9.59. The van der Waals surface area contributed by atoms with Gasteiger partial charge in [-0.25, -0.2) is 9.37 Å². The van der Waals surface area contributed by atoms with E-state index in [-0.39, 0.29) is 17.1 Å². The SMILES string of the molecule is CCS(=O)(=O)O.Cc1nc2n(c(=O)c1CCN1CCC(c3noc4cc(F)ccc34)CC1)CCCC2O. The molecule has 12 heteroatoms. The Hall–Kier alpha value is -2.67. The minimum absolute atomic E-state index is 0.00237. The zero-order valence-corrected chi connectivity index (χ0v) is 21.9. The number of aliphatic hydroxyl groups excluding tert-OH is 1. The lowest BCUT2D eigenvalue weighted by Gasteiger charge is -2.31. The van der Waals surface area contributed by atoms with Crippen LogP contribution in [0.15, 0.2) is 27.5 Å². The van der Waals surface area contributed by atoms with E-state index in [0.29, 0.717) is 36.7 Å². The van der Waals surface area contributed by atoms with Gasteiger partial charge >= 0.3 is 0 Å². The molecule has 5 rings (SSSR count). The van der Waals surface area contributed by atoms with Crippen LogP contribution < -0.4 is 5.56 Å². The van der Waals surface area contributed by atoms with Gasteiger partial charge in [0.1, 0.15) is 17.7 Å². The Morgan fingerprint density at radius 1 is 1.19 bits per heavy atom. The zero-order valence-electron chi connectivity index (χ0n) is 21.1. The predicted octanol–water partition coefficient (Wildman–Crippen LogP) is 2.98. The molecule has 2 aliphatic heterocycles. The Balaban J connectivity index is 0.000000480. The van der Waals surface area contributed by atoms with Crippen molar-refractivity contribution in [3.63, 3.8) is 0 Å². The molecule has 10 nitrogen and oxygen atoms in total. The monoisotopic (exact) mass is 536 g/mol. The van der Waals surface area contributed by atoms with Gasteiger partial charge in [-0.2, -0.15) is 8.42 Å². The molecule has 37 heavy (non-hydrogen) atoms. The van der Waals surface area contributed by atoms with Gasteiger partial charge in [-0.3, -0.25) is 13.9 Å². The molecule has 1 atom stereocenters. The van der Waals surface area contributed by atoms with Crippen molar-refractivity contribution in [3.8, 4) is 0 Å². The number of aromatic nitrogens is 3. The molecule has 1 unspecified atom stereocenters. The van der Waals surface area contributed by atoms with E-state index < -0.39 is 16.2 Å². The van der Waals surface area contributed by atoms with Crippen LogP contribution in [0.2, 0.25) is 0 Å². The van der Waals surface area contributed by atoms with E-state index in [1.165, 1.54) is 19.1 Å². The maximum absolute atomic E-state index is 13.4. The molecule has 2 N–H and O–H groups in total. The summed E-state index contributed by atoms with van der Waals surface area (Å²) < 4.78 is 47.3. The maximum atomic E-state index is 13.4. The summed E-state index contributed by atoms with van der Waals surface area (Å²) in [7, 11) is -3.66.